The van der Waals surface area contributed by atoms with E-state index in [9.17, 15) is 14.4 Å². The maximum Gasteiger partial charge on any atom is 0.408 e. The zero-order chi connectivity index (χ0) is 36.7. The molecule has 1 unspecified atom stereocenters. The highest BCUT2D eigenvalue weighted by atomic mass is 32.2. The summed E-state index contributed by atoms with van der Waals surface area (Å²) in [6.45, 7) is -0.374. The topological polar surface area (TPSA) is 93.7 Å². The molecule has 2 N–H and O–H groups in total. The van der Waals surface area contributed by atoms with E-state index in [-0.39, 0.29) is 12.4 Å². The fraction of sp³-hybridized carbons (Fsp3) is 0.133. The van der Waals surface area contributed by atoms with E-state index < -0.39 is 41.4 Å². The fourth-order valence-corrected chi connectivity index (χ4v) is 7.67. The number of carbonyl (C=O) groups is 3. The third-order valence-corrected chi connectivity index (χ3v) is 10.3. The summed E-state index contributed by atoms with van der Waals surface area (Å²) in [5.74, 6) is -1.04. The van der Waals surface area contributed by atoms with Crippen LogP contribution >= 0.6 is 11.8 Å². The van der Waals surface area contributed by atoms with Gasteiger partial charge in [0.15, 0.2) is 6.10 Å². The molecule has 8 heteroatoms. The van der Waals surface area contributed by atoms with Crippen LogP contribution in [0.1, 0.15) is 39.5 Å². The second-order valence-corrected chi connectivity index (χ2v) is 13.5. The van der Waals surface area contributed by atoms with Gasteiger partial charge < -0.3 is 20.1 Å². The molecule has 0 spiro atoms. The molecule has 2 amide bonds. The predicted octanol–water partition coefficient (Wildman–Crippen LogP) is 8.46. The van der Waals surface area contributed by atoms with Crippen LogP contribution in [-0.4, -0.2) is 36.3 Å². The van der Waals surface area contributed by atoms with Crippen molar-refractivity contribution in [2.75, 3.05) is 12.3 Å². The minimum absolute atomic E-state index is 0.0306. The Morgan fingerprint density at radius 3 is 1.43 bits per heavy atom. The molecule has 6 aromatic carbocycles. The molecule has 0 radical (unpaired) electrons. The third kappa shape index (κ3) is 9.61. The summed E-state index contributed by atoms with van der Waals surface area (Å²) >= 11 is 1.51. The Bertz CT molecular complexity index is 1900. The Balaban J connectivity index is 1.25. The first-order chi connectivity index (χ1) is 26.0. The largest absolute Gasteiger partial charge is 0.451 e. The molecule has 6 aromatic rings. The number of amides is 2. The van der Waals surface area contributed by atoms with Gasteiger partial charge in [-0.1, -0.05) is 182 Å². The van der Waals surface area contributed by atoms with Crippen LogP contribution in [0.3, 0.4) is 0 Å². The van der Waals surface area contributed by atoms with Crippen LogP contribution < -0.4 is 10.6 Å². The van der Waals surface area contributed by atoms with E-state index in [4.69, 9.17) is 9.47 Å². The fourth-order valence-electron chi connectivity index (χ4n) is 6.11. The van der Waals surface area contributed by atoms with E-state index in [2.05, 4.69) is 47.0 Å². The highest BCUT2D eigenvalue weighted by molar-refractivity contribution is 8.00. The van der Waals surface area contributed by atoms with Crippen molar-refractivity contribution in [1.29, 1.82) is 0 Å². The standard InChI is InChI=1S/C45H40N2O5S/c48-41(52-42(35-21-9-2-10-22-35)36-23-11-3-12-24-36)31-46-43(49)40(47-44(50)51-32-34-19-7-1-8-20-34)33-53-45(37-25-13-4-14-26-37,38-27-15-5-16-28-38)39-29-17-6-18-30-39/h1-30,40,42H,31-33H2,(H,46,49)(H,47,50). The van der Waals surface area contributed by atoms with Crippen LogP contribution in [0.5, 0.6) is 0 Å². The summed E-state index contributed by atoms with van der Waals surface area (Å²) in [5, 5.41) is 5.51. The van der Waals surface area contributed by atoms with Crippen LogP contribution in [0.4, 0.5) is 4.79 Å². The van der Waals surface area contributed by atoms with Gasteiger partial charge in [0.05, 0.1) is 4.75 Å². The summed E-state index contributed by atoms with van der Waals surface area (Å²) in [4.78, 5) is 40.6. The van der Waals surface area contributed by atoms with E-state index in [1.54, 1.807) is 0 Å². The normalized spacial score (nSPS) is 11.6. The summed E-state index contributed by atoms with van der Waals surface area (Å²) in [5.41, 5.74) is 5.42. The van der Waals surface area contributed by atoms with Gasteiger partial charge in [0.1, 0.15) is 19.2 Å². The summed E-state index contributed by atoms with van der Waals surface area (Å²) in [6.07, 6.45) is -1.42. The number of rotatable bonds is 15. The molecule has 0 aliphatic heterocycles. The zero-order valence-electron chi connectivity index (χ0n) is 29.0. The smallest absolute Gasteiger partial charge is 0.408 e. The molecule has 0 aliphatic rings. The van der Waals surface area contributed by atoms with Gasteiger partial charge in [0, 0.05) is 5.75 Å². The number of nitrogens with one attached hydrogen (secondary N) is 2. The SMILES string of the molecule is O=C(CNC(=O)C(CSC(c1ccccc1)(c1ccccc1)c1ccccc1)NC(=O)OCc1ccccc1)OC(c1ccccc1)c1ccccc1. The second-order valence-electron chi connectivity index (χ2n) is 12.3. The molecule has 266 valence electrons. The van der Waals surface area contributed by atoms with Crippen molar-refractivity contribution in [3.05, 3.63) is 215 Å². The van der Waals surface area contributed by atoms with Crippen molar-refractivity contribution in [3.63, 3.8) is 0 Å². The number of carbonyl (C=O) groups excluding carboxylic acids is 3. The van der Waals surface area contributed by atoms with Crippen molar-refractivity contribution in [3.8, 4) is 0 Å². The molecule has 0 aromatic heterocycles. The molecule has 7 nitrogen and oxygen atoms in total. The molecule has 53 heavy (non-hydrogen) atoms. The van der Waals surface area contributed by atoms with Gasteiger partial charge in [0.25, 0.3) is 0 Å². The molecule has 0 bridgehead atoms. The predicted molar refractivity (Wildman–Crippen MR) is 209 cm³/mol. The summed E-state index contributed by atoms with van der Waals surface area (Å²) < 4.78 is 10.7. The average Bonchev–Trinajstić information content (AvgIpc) is 3.23. The van der Waals surface area contributed by atoms with Crippen LogP contribution in [-0.2, 0) is 30.4 Å². The highest BCUT2D eigenvalue weighted by Gasteiger charge is 2.38. The van der Waals surface area contributed by atoms with E-state index >= 15 is 0 Å². The van der Waals surface area contributed by atoms with Gasteiger partial charge in [-0.05, 0) is 33.4 Å². The third-order valence-electron chi connectivity index (χ3n) is 8.69. The molecule has 0 aliphatic carbocycles. The first-order valence-corrected chi connectivity index (χ1v) is 18.4. The zero-order valence-corrected chi connectivity index (χ0v) is 29.9. The minimum Gasteiger partial charge on any atom is -0.451 e. The Morgan fingerprint density at radius 2 is 0.981 bits per heavy atom. The van der Waals surface area contributed by atoms with Gasteiger partial charge in [-0.15, -0.1) is 11.8 Å². The van der Waals surface area contributed by atoms with Gasteiger partial charge in [0.2, 0.25) is 5.91 Å². The highest BCUT2D eigenvalue weighted by Crippen LogP contribution is 2.48. The maximum atomic E-state index is 14.0. The molecule has 0 fully saturated rings. The van der Waals surface area contributed by atoms with E-state index in [1.165, 1.54) is 11.8 Å². The molecule has 1 atom stereocenters. The van der Waals surface area contributed by atoms with Gasteiger partial charge in [-0.2, -0.15) is 0 Å². The van der Waals surface area contributed by atoms with Gasteiger partial charge in [-0.3, -0.25) is 9.59 Å². The molecule has 0 saturated carbocycles. The first kappa shape index (κ1) is 36.7. The average molecular weight is 721 g/mol. The Hall–Kier alpha value is -6.12. The Kier molecular flexibility index (Phi) is 12.7. The first-order valence-electron chi connectivity index (χ1n) is 17.4. The Morgan fingerprint density at radius 1 is 0.566 bits per heavy atom. The lowest BCUT2D eigenvalue weighted by molar-refractivity contribution is -0.147. The van der Waals surface area contributed by atoms with Crippen molar-refractivity contribution >= 4 is 29.7 Å². The molecule has 0 heterocycles. The minimum atomic E-state index is -1.08. The molecular weight excluding hydrogens is 681 g/mol. The molecular formula is C45H40N2O5S. The van der Waals surface area contributed by atoms with Gasteiger partial charge >= 0.3 is 12.1 Å². The Labute approximate surface area is 314 Å². The lowest BCUT2D eigenvalue weighted by Crippen LogP contribution is -2.50. The second kappa shape index (κ2) is 18.4. The van der Waals surface area contributed by atoms with E-state index in [0.29, 0.717) is 0 Å². The maximum absolute atomic E-state index is 14.0. The number of ether oxygens (including phenoxy) is 2. The van der Waals surface area contributed by atoms with E-state index in [0.717, 1.165) is 33.4 Å². The monoisotopic (exact) mass is 720 g/mol. The number of thioether (sulfide) groups is 1. The number of benzene rings is 6. The van der Waals surface area contributed by atoms with Gasteiger partial charge in [-0.25, -0.2) is 4.79 Å². The van der Waals surface area contributed by atoms with E-state index in [1.807, 2.05) is 146 Å². The van der Waals surface area contributed by atoms with Crippen molar-refractivity contribution < 1.29 is 23.9 Å². The van der Waals surface area contributed by atoms with Crippen molar-refractivity contribution in [1.82, 2.24) is 10.6 Å². The quantitative estimate of drug-likeness (QED) is 0.0817. The van der Waals surface area contributed by atoms with Crippen LogP contribution in [0.15, 0.2) is 182 Å². The van der Waals surface area contributed by atoms with Crippen LogP contribution in [0, 0.1) is 0 Å². The molecule has 6 rings (SSSR count). The number of hydrogen-bond acceptors (Lipinski definition) is 6. The molecule has 0 saturated heterocycles. The van der Waals surface area contributed by atoms with Crippen molar-refractivity contribution in [2.45, 2.75) is 23.5 Å². The lowest BCUT2D eigenvalue weighted by Gasteiger charge is -2.36. The number of alkyl carbamates (subject to hydrolysis) is 1. The van der Waals surface area contributed by atoms with Crippen LogP contribution in [0.2, 0.25) is 0 Å². The number of esters is 1. The van der Waals surface area contributed by atoms with Crippen LogP contribution in [0.25, 0.3) is 0 Å². The van der Waals surface area contributed by atoms with Crippen molar-refractivity contribution in [2.24, 2.45) is 0 Å². The lowest BCUT2D eigenvalue weighted by atomic mass is 9.84. The summed E-state index contributed by atoms with van der Waals surface area (Å²) in [6, 6.07) is 57.3. The summed E-state index contributed by atoms with van der Waals surface area (Å²) in [7, 11) is 0. The number of hydrogen-bond donors (Lipinski definition) is 2.